The lowest BCUT2D eigenvalue weighted by Crippen LogP contribution is -2.42. The van der Waals surface area contributed by atoms with Gasteiger partial charge in [0.2, 0.25) is 0 Å². The first kappa shape index (κ1) is 24.5. The van der Waals surface area contributed by atoms with Crippen LogP contribution in [0.3, 0.4) is 0 Å². The molecule has 0 bridgehead atoms. The van der Waals surface area contributed by atoms with Crippen LogP contribution >= 0.6 is 15.9 Å². The van der Waals surface area contributed by atoms with Crippen molar-refractivity contribution in [2.75, 3.05) is 18.5 Å². The maximum atomic E-state index is 13.9. The van der Waals surface area contributed by atoms with Crippen molar-refractivity contribution in [2.24, 2.45) is 5.92 Å². The maximum Gasteiger partial charge on any atom is 0.326 e. The molecule has 3 N–H and O–H groups in total. The second-order valence-electron chi connectivity index (χ2n) is 8.84. The molecule has 0 saturated heterocycles. The fraction of sp³-hybridized carbons (Fsp3) is 0.500. The van der Waals surface area contributed by atoms with E-state index in [1.165, 1.54) is 11.8 Å². The number of fused-ring (bicyclic) bond motifs is 1. The Hall–Kier alpha value is -2.59. The topological polar surface area (TPSA) is 113 Å². The summed E-state index contributed by atoms with van der Waals surface area (Å²) in [6.45, 7) is 1.18. The van der Waals surface area contributed by atoms with Gasteiger partial charge < -0.3 is 20.5 Å². The van der Waals surface area contributed by atoms with Crippen LogP contribution in [0, 0.1) is 11.7 Å². The molecule has 182 valence electrons. The summed E-state index contributed by atoms with van der Waals surface area (Å²) in [5.41, 5.74) is 2.13. The molecule has 4 rings (SSSR count). The fourth-order valence-corrected chi connectivity index (χ4v) is 4.86. The van der Waals surface area contributed by atoms with E-state index in [1.54, 1.807) is 0 Å². The average molecular weight is 535 g/mol. The second kappa shape index (κ2) is 11.2. The highest BCUT2D eigenvalue weighted by Crippen LogP contribution is 2.34. The summed E-state index contributed by atoms with van der Waals surface area (Å²) in [4.78, 5) is 32.3. The Morgan fingerprint density at radius 2 is 2.15 bits per heavy atom. The summed E-state index contributed by atoms with van der Waals surface area (Å²) < 4.78 is 19.9. The lowest BCUT2D eigenvalue weighted by Gasteiger charge is -2.35. The third-order valence-electron chi connectivity index (χ3n) is 6.40. The van der Waals surface area contributed by atoms with Crippen LogP contribution in [0.2, 0.25) is 0 Å². The molecule has 1 aliphatic carbocycles. The van der Waals surface area contributed by atoms with E-state index in [0.29, 0.717) is 5.92 Å². The van der Waals surface area contributed by atoms with Crippen molar-refractivity contribution in [3.63, 3.8) is 0 Å². The Morgan fingerprint density at radius 3 is 2.91 bits per heavy atom. The summed E-state index contributed by atoms with van der Waals surface area (Å²) in [5, 5.41) is 15.2. The molecule has 0 unspecified atom stereocenters. The summed E-state index contributed by atoms with van der Waals surface area (Å²) in [7, 11) is 0. The first-order valence-electron chi connectivity index (χ1n) is 11.6. The number of amides is 1. The van der Waals surface area contributed by atoms with Gasteiger partial charge in [-0.1, -0.05) is 6.07 Å². The zero-order valence-electron chi connectivity index (χ0n) is 18.7. The van der Waals surface area contributed by atoms with E-state index in [4.69, 9.17) is 9.72 Å². The Bertz CT molecular complexity index is 1030. The van der Waals surface area contributed by atoms with Gasteiger partial charge in [-0.25, -0.2) is 14.2 Å². The number of hydrogen-bond acceptors (Lipinski definition) is 6. The number of hydrogen-bond donors (Lipinski definition) is 3. The molecule has 1 saturated carbocycles. The molecule has 1 amide bonds. The molecule has 2 aromatic rings. The molecule has 0 radical (unpaired) electrons. The lowest BCUT2D eigenvalue weighted by molar-refractivity contribution is -0.140. The zero-order chi connectivity index (χ0) is 24.1. The lowest BCUT2D eigenvalue weighted by atomic mass is 9.79. The van der Waals surface area contributed by atoms with Crippen molar-refractivity contribution in [1.29, 1.82) is 0 Å². The number of anilines is 1. The van der Waals surface area contributed by atoms with E-state index in [-0.39, 0.29) is 29.2 Å². The van der Waals surface area contributed by atoms with Crippen molar-refractivity contribution in [3.05, 3.63) is 51.6 Å². The van der Waals surface area contributed by atoms with E-state index in [2.05, 4.69) is 43.7 Å². The number of carbonyl (C=O) groups is 2. The number of rotatable bonds is 10. The molecule has 2 aromatic heterocycles. The molecule has 2 aliphatic rings. The van der Waals surface area contributed by atoms with Gasteiger partial charge in [-0.05, 0) is 72.0 Å². The number of carbonyl (C=O) groups excluding carboxylic acids is 1. The van der Waals surface area contributed by atoms with Crippen molar-refractivity contribution in [2.45, 2.75) is 57.1 Å². The number of pyridine rings is 2. The van der Waals surface area contributed by atoms with Gasteiger partial charge in [0.1, 0.15) is 11.9 Å². The molecule has 8 nitrogen and oxygen atoms in total. The Labute approximate surface area is 205 Å². The quantitative estimate of drug-likeness (QED) is 0.425. The minimum atomic E-state index is -1.19. The smallest absolute Gasteiger partial charge is 0.326 e. The van der Waals surface area contributed by atoms with Crippen LogP contribution in [0.1, 0.15) is 53.7 Å². The molecule has 0 spiro atoms. The van der Waals surface area contributed by atoms with Gasteiger partial charge in [-0.15, -0.1) is 0 Å². The van der Waals surface area contributed by atoms with Crippen LogP contribution in [0.5, 0.6) is 0 Å². The van der Waals surface area contributed by atoms with E-state index in [0.717, 1.165) is 62.8 Å². The average Bonchev–Trinajstić information content (AvgIpc) is 2.78. The highest BCUT2D eigenvalue weighted by molar-refractivity contribution is 9.10. The standard InChI is InChI=1S/C24H28BrFN4O4/c25-18-12-27-13-19(26)21(18)23(31)30-20(24(32)33)7-9-34-17-10-14(11-17)3-5-16-6-4-15-2-1-8-28-22(15)29-16/h4,6,12-14,17,20H,1-3,5,7-11H2,(H,28,29)(H,30,31)(H,32,33)/t14-,17+,20-/m0/s1. The number of halogens is 2. The predicted molar refractivity (Wildman–Crippen MR) is 127 cm³/mol. The third kappa shape index (κ3) is 6.09. The SMILES string of the molecule is O=C(N[C@@H](CCO[C@H]1C[C@@H](CCc2ccc3c(n2)NCCC3)C1)C(=O)O)c1c(F)cncc1Br. The van der Waals surface area contributed by atoms with Gasteiger partial charge in [0.25, 0.3) is 5.91 Å². The first-order chi connectivity index (χ1) is 16.4. The van der Waals surface area contributed by atoms with Gasteiger partial charge in [0.15, 0.2) is 5.82 Å². The monoisotopic (exact) mass is 534 g/mol. The van der Waals surface area contributed by atoms with Gasteiger partial charge in [0, 0.05) is 31.5 Å². The Morgan fingerprint density at radius 1 is 1.32 bits per heavy atom. The van der Waals surface area contributed by atoms with Crippen LogP contribution in [0.25, 0.3) is 0 Å². The predicted octanol–water partition coefficient (Wildman–Crippen LogP) is 3.74. The number of aliphatic carboxylic acids is 1. The number of ether oxygens (including phenoxy) is 1. The van der Waals surface area contributed by atoms with Crippen molar-refractivity contribution < 1.29 is 23.8 Å². The molecule has 1 aliphatic heterocycles. The molecule has 34 heavy (non-hydrogen) atoms. The molecular formula is C24H28BrFN4O4. The maximum absolute atomic E-state index is 13.9. The minimum absolute atomic E-state index is 0.0958. The van der Waals surface area contributed by atoms with Gasteiger partial charge in [-0.2, -0.15) is 0 Å². The van der Waals surface area contributed by atoms with Crippen LogP contribution in [-0.2, 0) is 22.4 Å². The van der Waals surface area contributed by atoms with Crippen LogP contribution in [0.4, 0.5) is 10.2 Å². The van der Waals surface area contributed by atoms with E-state index in [1.807, 2.05) is 0 Å². The molecular weight excluding hydrogens is 507 g/mol. The van der Waals surface area contributed by atoms with E-state index in [9.17, 15) is 19.1 Å². The summed E-state index contributed by atoms with van der Waals surface area (Å²) in [5.74, 6) is -1.24. The van der Waals surface area contributed by atoms with Crippen LogP contribution < -0.4 is 10.6 Å². The number of nitrogens with one attached hydrogen (secondary N) is 2. The largest absolute Gasteiger partial charge is 0.480 e. The number of nitrogens with zero attached hydrogens (tertiary/aromatic N) is 2. The number of carboxylic acid groups (broad SMARTS) is 1. The van der Waals surface area contributed by atoms with Crippen molar-refractivity contribution in [1.82, 2.24) is 15.3 Å². The Balaban J connectivity index is 1.17. The molecule has 1 fully saturated rings. The first-order valence-corrected chi connectivity index (χ1v) is 12.4. The van der Waals surface area contributed by atoms with Crippen molar-refractivity contribution in [3.8, 4) is 0 Å². The molecule has 1 atom stereocenters. The zero-order valence-corrected chi connectivity index (χ0v) is 20.3. The normalized spacial score (nSPS) is 19.9. The van der Waals surface area contributed by atoms with Crippen LogP contribution in [-0.4, -0.2) is 52.2 Å². The summed E-state index contributed by atoms with van der Waals surface area (Å²) >= 11 is 3.07. The van der Waals surface area contributed by atoms with Gasteiger partial charge in [0.05, 0.1) is 22.3 Å². The molecule has 0 aromatic carbocycles. The summed E-state index contributed by atoms with van der Waals surface area (Å²) in [6, 6.07) is 3.12. The second-order valence-corrected chi connectivity index (χ2v) is 9.69. The minimum Gasteiger partial charge on any atom is -0.480 e. The van der Waals surface area contributed by atoms with Crippen LogP contribution in [0.15, 0.2) is 29.0 Å². The third-order valence-corrected chi connectivity index (χ3v) is 7.00. The highest BCUT2D eigenvalue weighted by Gasteiger charge is 2.30. The number of carboxylic acids is 1. The fourth-order valence-electron chi connectivity index (χ4n) is 4.37. The number of aromatic nitrogens is 2. The van der Waals surface area contributed by atoms with Crippen molar-refractivity contribution >= 4 is 33.6 Å². The van der Waals surface area contributed by atoms with Gasteiger partial charge >= 0.3 is 5.97 Å². The van der Waals surface area contributed by atoms with E-state index < -0.39 is 23.7 Å². The summed E-state index contributed by atoms with van der Waals surface area (Å²) in [6.07, 6.45) is 8.46. The number of aryl methyl sites for hydroxylation is 2. The van der Waals surface area contributed by atoms with E-state index >= 15 is 0 Å². The molecule has 3 heterocycles. The van der Waals surface area contributed by atoms with Gasteiger partial charge in [-0.3, -0.25) is 9.78 Å². The molecule has 10 heteroatoms. The Kier molecular flexibility index (Phi) is 8.10. The highest BCUT2D eigenvalue weighted by atomic mass is 79.9.